The number of hydrogen-bond acceptors (Lipinski definition) is 4. The Morgan fingerprint density at radius 1 is 1.20 bits per heavy atom. The van der Waals surface area contributed by atoms with Gasteiger partial charge in [-0.25, -0.2) is 4.98 Å². The molecule has 30 heavy (non-hydrogen) atoms. The van der Waals surface area contributed by atoms with Crippen molar-refractivity contribution in [3.8, 4) is 5.75 Å². The van der Waals surface area contributed by atoms with E-state index in [-0.39, 0.29) is 12.5 Å². The molecule has 5 nitrogen and oxygen atoms in total. The topological polar surface area (TPSA) is 54.5 Å². The predicted molar refractivity (Wildman–Crippen MR) is 122 cm³/mol. The zero-order chi connectivity index (χ0) is 21.1. The van der Waals surface area contributed by atoms with Crippen molar-refractivity contribution >= 4 is 28.3 Å². The molecule has 1 saturated heterocycles. The summed E-state index contributed by atoms with van der Waals surface area (Å²) in [4.78, 5) is 19.7. The highest BCUT2D eigenvalue weighted by Gasteiger charge is 2.18. The SMILES string of the molecule is Cc1ccc(C)c(NC(=O)COc2cccc3ccc(N4CCC[C@H](C)C4)nc23)c1. The summed E-state index contributed by atoms with van der Waals surface area (Å²) in [5.74, 6) is 2.11. The summed E-state index contributed by atoms with van der Waals surface area (Å²) in [5, 5.41) is 3.96. The van der Waals surface area contributed by atoms with Gasteiger partial charge in [-0.15, -0.1) is 0 Å². The van der Waals surface area contributed by atoms with Crippen molar-refractivity contribution in [2.75, 3.05) is 29.9 Å². The summed E-state index contributed by atoms with van der Waals surface area (Å²) in [6.07, 6.45) is 2.46. The lowest BCUT2D eigenvalue weighted by Gasteiger charge is -2.32. The van der Waals surface area contributed by atoms with Crippen LogP contribution in [0.15, 0.2) is 48.5 Å². The van der Waals surface area contributed by atoms with Crippen molar-refractivity contribution < 1.29 is 9.53 Å². The minimum atomic E-state index is -0.179. The number of rotatable bonds is 5. The van der Waals surface area contributed by atoms with Crippen LogP contribution in [0, 0.1) is 19.8 Å². The number of carbonyl (C=O) groups is 1. The van der Waals surface area contributed by atoms with E-state index in [1.54, 1.807) is 0 Å². The van der Waals surface area contributed by atoms with Crippen molar-refractivity contribution in [3.05, 3.63) is 59.7 Å². The number of hydrogen-bond donors (Lipinski definition) is 1. The summed E-state index contributed by atoms with van der Waals surface area (Å²) in [5.41, 5.74) is 3.75. The number of nitrogens with zero attached hydrogens (tertiary/aromatic N) is 2. The second-order valence-electron chi connectivity index (χ2n) is 8.35. The fourth-order valence-corrected chi connectivity index (χ4v) is 4.00. The van der Waals surface area contributed by atoms with Gasteiger partial charge < -0.3 is 15.0 Å². The number of benzene rings is 2. The molecule has 1 N–H and O–H groups in total. The maximum Gasteiger partial charge on any atom is 0.262 e. The van der Waals surface area contributed by atoms with E-state index in [9.17, 15) is 4.79 Å². The summed E-state index contributed by atoms with van der Waals surface area (Å²) in [6, 6.07) is 16.0. The number of aryl methyl sites for hydroxylation is 2. The minimum absolute atomic E-state index is 0.0564. The maximum absolute atomic E-state index is 12.5. The standard InChI is InChI=1S/C25H29N3O2/c1-17-9-10-19(3)21(14-17)26-24(29)16-30-22-8-4-7-20-11-12-23(27-25(20)22)28-13-5-6-18(2)15-28/h4,7-12,14,18H,5-6,13,15-16H2,1-3H3,(H,26,29)/t18-/m0/s1. The van der Waals surface area contributed by atoms with Crippen LogP contribution in [0.25, 0.3) is 10.9 Å². The molecule has 0 spiro atoms. The van der Waals surface area contributed by atoms with Gasteiger partial charge in [-0.2, -0.15) is 0 Å². The molecule has 2 heterocycles. The molecule has 0 saturated carbocycles. The fourth-order valence-electron chi connectivity index (χ4n) is 4.00. The Balaban J connectivity index is 1.50. The molecule has 156 valence electrons. The number of piperidine rings is 1. The molecule has 5 heteroatoms. The van der Waals surface area contributed by atoms with Gasteiger partial charge in [0, 0.05) is 24.2 Å². The maximum atomic E-state index is 12.5. The molecule has 0 aliphatic carbocycles. The zero-order valence-corrected chi connectivity index (χ0v) is 17.9. The van der Waals surface area contributed by atoms with Gasteiger partial charge in [0.05, 0.1) is 0 Å². The Kier molecular flexibility index (Phi) is 5.88. The molecule has 1 amide bonds. The van der Waals surface area contributed by atoms with Crippen LogP contribution in [-0.4, -0.2) is 30.6 Å². The van der Waals surface area contributed by atoms with E-state index in [0.717, 1.165) is 46.6 Å². The van der Waals surface area contributed by atoms with Gasteiger partial charge in [0.25, 0.3) is 5.91 Å². The van der Waals surface area contributed by atoms with Crippen LogP contribution in [0.1, 0.15) is 30.9 Å². The van der Waals surface area contributed by atoms with Gasteiger partial charge in [-0.1, -0.05) is 31.2 Å². The first kappa shape index (κ1) is 20.2. The molecule has 0 unspecified atom stereocenters. The summed E-state index contributed by atoms with van der Waals surface area (Å²) in [7, 11) is 0. The Morgan fingerprint density at radius 2 is 2.07 bits per heavy atom. The number of carbonyl (C=O) groups excluding carboxylic acids is 1. The van der Waals surface area contributed by atoms with Crippen molar-refractivity contribution in [3.63, 3.8) is 0 Å². The first-order valence-corrected chi connectivity index (χ1v) is 10.6. The largest absolute Gasteiger partial charge is 0.481 e. The van der Waals surface area contributed by atoms with Gasteiger partial charge in [-0.05, 0) is 68.0 Å². The Morgan fingerprint density at radius 3 is 2.90 bits per heavy atom. The third-order valence-corrected chi connectivity index (χ3v) is 5.68. The van der Waals surface area contributed by atoms with Crippen molar-refractivity contribution in [1.82, 2.24) is 4.98 Å². The van der Waals surface area contributed by atoms with E-state index in [4.69, 9.17) is 9.72 Å². The van der Waals surface area contributed by atoms with E-state index in [2.05, 4.69) is 29.3 Å². The van der Waals surface area contributed by atoms with Gasteiger partial charge in [-0.3, -0.25) is 4.79 Å². The van der Waals surface area contributed by atoms with Crippen LogP contribution in [0.3, 0.4) is 0 Å². The summed E-state index contributed by atoms with van der Waals surface area (Å²) < 4.78 is 5.89. The Bertz CT molecular complexity index is 1060. The molecule has 2 aromatic carbocycles. The number of anilines is 2. The zero-order valence-electron chi connectivity index (χ0n) is 17.9. The second kappa shape index (κ2) is 8.74. The van der Waals surface area contributed by atoms with E-state index < -0.39 is 0 Å². The number of amides is 1. The van der Waals surface area contributed by atoms with Crippen LogP contribution in [0.5, 0.6) is 5.75 Å². The highest BCUT2D eigenvalue weighted by Crippen LogP contribution is 2.28. The van der Waals surface area contributed by atoms with Crippen LogP contribution >= 0.6 is 0 Å². The van der Waals surface area contributed by atoms with Gasteiger partial charge >= 0.3 is 0 Å². The van der Waals surface area contributed by atoms with Gasteiger partial charge in [0.1, 0.15) is 17.1 Å². The number of pyridine rings is 1. The minimum Gasteiger partial charge on any atom is -0.481 e. The third kappa shape index (κ3) is 4.56. The lowest BCUT2D eigenvalue weighted by atomic mass is 10.0. The second-order valence-corrected chi connectivity index (χ2v) is 8.35. The first-order chi connectivity index (χ1) is 14.5. The van der Waals surface area contributed by atoms with Gasteiger partial charge in [0.2, 0.25) is 0 Å². The highest BCUT2D eigenvalue weighted by molar-refractivity contribution is 5.93. The van der Waals surface area contributed by atoms with Crippen LogP contribution in [-0.2, 0) is 4.79 Å². The number of aromatic nitrogens is 1. The van der Waals surface area contributed by atoms with Gasteiger partial charge in [0.15, 0.2) is 6.61 Å². The Hall–Kier alpha value is -3.08. The molecule has 4 rings (SSSR count). The van der Waals surface area contributed by atoms with Crippen molar-refractivity contribution in [1.29, 1.82) is 0 Å². The molecule has 1 aliphatic heterocycles. The van der Waals surface area contributed by atoms with Crippen LogP contribution < -0.4 is 15.0 Å². The predicted octanol–water partition coefficient (Wildman–Crippen LogP) is 5.11. The van der Waals surface area contributed by atoms with E-state index >= 15 is 0 Å². The molecule has 1 aliphatic rings. The molecule has 1 fully saturated rings. The lowest BCUT2D eigenvalue weighted by molar-refractivity contribution is -0.118. The number of ether oxygens (including phenoxy) is 1. The number of nitrogens with one attached hydrogen (secondary N) is 1. The van der Waals surface area contributed by atoms with E-state index in [0.29, 0.717) is 11.7 Å². The fraction of sp³-hybridized carbons (Fsp3) is 0.360. The molecular formula is C25H29N3O2. The van der Waals surface area contributed by atoms with E-state index in [1.807, 2.05) is 50.2 Å². The molecular weight excluding hydrogens is 374 g/mol. The lowest BCUT2D eigenvalue weighted by Crippen LogP contribution is -2.34. The Labute approximate surface area is 178 Å². The van der Waals surface area contributed by atoms with E-state index in [1.165, 1.54) is 12.8 Å². The number of fused-ring (bicyclic) bond motifs is 1. The quantitative estimate of drug-likeness (QED) is 0.643. The molecule has 1 aromatic heterocycles. The molecule has 0 radical (unpaired) electrons. The molecule has 3 aromatic rings. The highest BCUT2D eigenvalue weighted by atomic mass is 16.5. The third-order valence-electron chi connectivity index (χ3n) is 5.68. The molecule has 1 atom stereocenters. The molecule has 0 bridgehead atoms. The smallest absolute Gasteiger partial charge is 0.262 e. The normalized spacial score (nSPS) is 16.5. The number of para-hydroxylation sites is 1. The summed E-state index contributed by atoms with van der Waals surface area (Å²) >= 11 is 0. The monoisotopic (exact) mass is 403 g/mol. The van der Waals surface area contributed by atoms with Crippen molar-refractivity contribution in [2.45, 2.75) is 33.6 Å². The van der Waals surface area contributed by atoms with Crippen molar-refractivity contribution in [2.24, 2.45) is 5.92 Å². The van der Waals surface area contributed by atoms with Crippen LogP contribution in [0.2, 0.25) is 0 Å². The summed E-state index contributed by atoms with van der Waals surface area (Å²) in [6.45, 7) is 8.28. The average Bonchev–Trinajstić information content (AvgIpc) is 2.74. The first-order valence-electron chi connectivity index (χ1n) is 10.6. The van der Waals surface area contributed by atoms with Crippen LogP contribution in [0.4, 0.5) is 11.5 Å². The average molecular weight is 404 g/mol.